The lowest BCUT2D eigenvalue weighted by Gasteiger charge is -2.47. The minimum absolute atomic E-state index is 0.0323. The molecule has 160 valence electrons. The van der Waals surface area contributed by atoms with Gasteiger partial charge in [0.05, 0.1) is 0 Å². The summed E-state index contributed by atoms with van der Waals surface area (Å²) in [6, 6.07) is 4.04. The number of aromatic hydroxyl groups is 1. The molecule has 1 aliphatic heterocycles. The fourth-order valence-electron chi connectivity index (χ4n) is 5.13. The Labute approximate surface area is 175 Å². The molecule has 0 saturated carbocycles. The van der Waals surface area contributed by atoms with E-state index in [1.807, 2.05) is 12.1 Å². The number of benzene rings is 1. The summed E-state index contributed by atoms with van der Waals surface area (Å²) in [7, 11) is 0. The molecule has 1 heterocycles. The first-order valence-electron chi connectivity index (χ1n) is 11.1. The molecule has 2 atom stereocenters. The van der Waals surface area contributed by atoms with Crippen LogP contribution in [0.15, 0.2) is 23.8 Å². The van der Waals surface area contributed by atoms with E-state index in [9.17, 15) is 9.90 Å². The fraction of sp³-hybridized carbons (Fsp3) is 0.640. The molecule has 3 rings (SSSR count). The first kappa shape index (κ1) is 21.7. The third-order valence-electron chi connectivity index (χ3n) is 7.05. The number of hydrogen-bond acceptors (Lipinski definition) is 3. The van der Waals surface area contributed by atoms with Crippen molar-refractivity contribution < 1.29 is 14.6 Å². The molecule has 0 radical (unpaired) electrons. The van der Waals surface area contributed by atoms with Crippen LogP contribution in [0.5, 0.6) is 11.5 Å². The van der Waals surface area contributed by atoms with E-state index in [-0.39, 0.29) is 34.5 Å². The number of allylic oxidation sites excluding steroid dienone is 1. The van der Waals surface area contributed by atoms with Crippen LogP contribution in [0, 0.1) is 5.92 Å². The lowest BCUT2D eigenvalue weighted by atomic mass is 9.66. The number of ether oxygens (including phenoxy) is 1. The van der Waals surface area contributed by atoms with Crippen LogP contribution in [0.2, 0.25) is 0 Å². The molecule has 4 heteroatoms. The number of primary amides is 1. The van der Waals surface area contributed by atoms with Crippen LogP contribution in [0.3, 0.4) is 0 Å². The summed E-state index contributed by atoms with van der Waals surface area (Å²) in [5.74, 6) is 0.937. The monoisotopic (exact) mass is 399 g/mol. The van der Waals surface area contributed by atoms with Crippen LogP contribution >= 0.6 is 0 Å². The lowest BCUT2D eigenvalue weighted by Crippen LogP contribution is -2.46. The molecule has 4 nitrogen and oxygen atoms in total. The number of rotatable bonds is 7. The fourth-order valence-corrected chi connectivity index (χ4v) is 5.13. The van der Waals surface area contributed by atoms with Crippen molar-refractivity contribution in [2.75, 3.05) is 0 Å². The summed E-state index contributed by atoms with van der Waals surface area (Å²) in [6.45, 7) is 10.9. The third kappa shape index (κ3) is 4.31. The summed E-state index contributed by atoms with van der Waals surface area (Å²) >= 11 is 0. The van der Waals surface area contributed by atoms with E-state index in [1.54, 1.807) is 0 Å². The van der Waals surface area contributed by atoms with Crippen LogP contribution in [-0.2, 0) is 10.2 Å². The average molecular weight is 400 g/mol. The van der Waals surface area contributed by atoms with E-state index < -0.39 is 0 Å². The van der Waals surface area contributed by atoms with Gasteiger partial charge in [0.25, 0.3) is 0 Å². The van der Waals surface area contributed by atoms with Crippen molar-refractivity contribution in [1.82, 2.24) is 0 Å². The van der Waals surface area contributed by atoms with Gasteiger partial charge >= 0.3 is 0 Å². The molecule has 1 unspecified atom stereocenters. The Balaban J connectivity index is 1.95. The predicted molar refractivity (Wildman–Crippen MR) is 117 cm³/mol. The number of carbonyl (C=O) groups is 1. The van der Waals surface area contributed by atoms with E-state index >= 15 is 0 Å². The molecule has 2 aliphatic rings. The maximum atomic E-state index is 11.8. The summed E-state index contributed by atoms with van der Waals surface area (Å²) < 4.78 is 6.44. The standard InChI is InChI=1S/C25H37NO3/c1-6-7-8-9-12-24(2,3)17-14-20(27)22-18-13-16(23(26)28)10-11-19(18)25(4,5)29-21(22)15-17/h10,14-15,18-19,27H,6-9,11-13H2,1-5H3,(H2,26,28)/t18-,19?/m1/s1. The maximum absolute atomic E-state index is 11.8. The highest BCUT2D eigenvalue weighted by Crippen LogP contribution is 2.55. The van der Waals surface area contributed by atoms with Crippen molar-refractivity contribution in [3.63, 3.8) is 0 Å². The number of nitrogens with two attached hydrogens (primary N) is 1. The first-order valence-corrected chi connectivity index (χ1v) is 11.1. The molecular formula is C25H37NO3. The maximum Gasteiger partial charge on any atom is 0.244 e. The summed E-state index contributed by atoms with van der Waals surface area (Å²) in [4.78, 5) is 11.8. The zero-order chi connectivity index (χ0) is 21.4. The largest absolute Gasteiger partial charge is 0.508 e. The van der Waals surface area contributed by atoms with Gasteiger partial charge in [-0.25, -0.2) is 0 Å². The topological polar surface area (TPSA) is 72.6 Å². The Bertz CT molecular complexity index is 807. The van der Waals surface area contributed by atoms with Gasteiger partial charge in [-0.2, -0.15) is 0 Å². The van der Waals surface area contributed by atoms with Crippen molar-refractivity contribution in [1.29, 1.82) is 0 Å². The van der Waals surface area contributed by atoms with Crippen LogP contribution in [0.4, 0.5) is 0 Å². The van der Waals surface area contributed by atoms with Crippen LogP contribution in [0.1, 0.15) is 96.6 Å². The van der Waals surface area contributed by atoms with Crippen molar-refractivity contribution >= 4 is 5.91 Å². The van der Waals surface area contributed by atoms with Gasteiger partial charge in [0, 0.05) is 23.0 Å². The number of unbranched alkanes of at least 4 members (excludes halogenated alkanes) is 3. The van der Waals surface area contributed by atoms with Crippen molar-refractivity contribution in [2.45, 2.75) is 96.5 Å². The summed E-state index contributed by atoms with van der Waals surface area (Å²) in [5.41, 5.74) is 7.78. The number of fused-ring (bicyclic) bond motifs is 3. The van der Waals surface area contributed by atoms with Gasteiger partial charge in [-0.3, -0.25) is 4.79 Å². The van der Waals surface area contributed by atoms with E-state index in [1.165, 1.54) is 25.7 Å². The molecule has 1 aliphatic carbocycles. The van der Waals surface area contributed by atoms with Gasteiger partial charge in [0.15, 0.2) is 0 Å². The van der Waals surface area contributed by atoms with Gasteiger partial charge in [-0.05, 0) is 56.2 Å². The Morgan fingerprint density at radius 3 is 2.66 bits per heavy atom. The SMILES string of the molecule is CCCCCCC(C)(C)c1cc(O)c2c(c1)OC(C)(C)C1CC=C(C(N)=O)C[C@@H]21. The van der Waals surface area contributed by atoms with E-state index in [2.05, 4.69) is 40.7 Å². The molecule has 1 aromatic rings. The zero-order valence-electron chi connectivity index (χ0n) is 18.7. The molecule has 3 N–H and O–H groups in total. The normalized spacial score (nSPS) is 22.9. The molecule has 0 aromatic heterocycles. The predicted octanol–water partition coefficient (Wildman–Crippen LogP) is 5.72. The van der Waals surface area contributed by atoms with Gasteiger partial charge < -0.3 is 15.6 Å². The van der Waals surface area contributed by atoms with Crippen LogP contribution in [0.25, 0.3) is 0 Å². The second-order valence-electron chi connectivity index (χ2n) is 10.1. The number of amides is 1. The quantitative estimate of drug-likeness (QED) is 0.576. The van der Waals surface area contributed by atoms with E-state index in [0.29, 0.717) is 12.0 Å². The molecule has 1 aromatic carbocycles. The highest BCUT2D eigenvalue weighted by Gasteiger charge is 2.46. The number of carbonyl (C=O) groups excluding carboxylic acids is 1. The number of phenolic OH excluding ortho intramolecular Hbond substituents is 1. The smallest absolute Gasteiger partial charge is 0.244 e. The Kier molecular flexibility index (Phi) is 6.03. The molecular weight excluding hydrogens is 362 g/mol. The highest BCUT2D eigenvalue weighted by molar-refractivity contribution is 5.92. The Morgan fingerprint density at radius 2 is 2.00 bits per heavy atom. The minimum Gasteiger partial charge on any atom is -0.508 e. The number of hydrogen-bond donors (Lipinski definition) is 2. The van der Waals surface area contributed by atoms with Crippen molar-refractivity contribution in [3.05, 3.63) is 34.9 Å². The molecule has 0 saturated heterocycles. The summed E-state index contributed by atoms with van der Waals surface area (Å²) in [5, 5.41) is 11.0. The zero-order valence-corrected chi connectivity index (χ0v) is 18.7. The lowest BCUT2D eigenvalue weighted by molar-refractivity contribution is -0.115. The first-order chi connectivity index (χ1) is 13.6. The number of phenols is 1. The average Bonchev–Trinajstić information content (AvgIpc) is 2.64. The summed E-state index contributed by atoms with van der Waals surface area (Å²) in [6.07, 6.45) is 9.25. The van der Waals surface area contributed by atoms with Crippen molar-refractivity contribution in [2.24, 2.45) is 11.7 Å². The second-order valence-corrected chi connectivity index (χ2v) is 10.1. The van der Waals surface area contributed by atoms with Gasteiger partial charge in [0.2, 0.25) is 5.91 Å². The van der Waals surface area contributed by atoms with Gasteiger partial charge in [-0.1, -0.05) is 52.5 Å². The molecule has 0 spiro atoms. The van der Waals surface area contributed by atoms with Crippen LogP contribution < -0.4 is 10.5 Å². The molecule has 0 fully saturated rings. The molecule has 1 amide bonds. The third-order valence-corrected chi connectivity index (χ3v) is 7.05. The van der Waals surface area contributed by atoms with Crippen molar-refractivity contribution in [3.8, 4) is 11.5 Å². The van der Waals surface area contributed by atoms with Gasteiger partial charge in [0.1, 0.15) is 17.1 Å². The Hall–Kier alpha value is -1.97. The van der Waals surface area contributed by atoms with E-state index in [0.717, 1.165) is 29.7 Å². The van der Waals surface area contributed by atoms with Crippen LogP contribution in [-0.4, -0.2) is 16.6 Å². The Morgan fingerprint density at radius 1 is 1.28 bits per heavy atom. The van der Waals surface area contributed by atoms with Gasteiger partial charge in [-0.15, -0.1) is 0 Å². The van der Waals surface area contributed by atoms with E-state index in [4.69, 9.17) is 10.5 Å². The minimum atomic E-state index is -0.367. The highest BCUT2D eigenvalue weighted by atomic mass is 16.5. The molecule has 29 heavy (non-hydrogen) atoms. The second kappa shape index (κ2) is 8.04. The molecule has 0 bridgehead atoms.